The number of aromatic nitrogens is 1. The lowest BCUT2D eigenvalue weighted by molar-refractivity contribution is -0.138. The Kier molecular flexibility index (Phi) is 3.40. The summed E-state index contributed by atoms with van der Waals surface area (Å²) in [5, 5.41) is 11.7. The zero-order valence-electron chi connectivity index (χ0n) is 7.40. The second kappa shape index (κ2) is 4.57. The van der Waals surface area contributed by atoms with E-state index in [2.05, 4.69) is 10.3 Å². The van der Waals surface area contributed by atoms with Gasteiger partial charge in [-0.05, 0) is 18.7 Å². The maximum Gasteiger partial charge on any atom is 0.312 e. The summed E-state index contributed by atoms with van der Waals surface area (Å²) in [5.74, 6) is -1.35. The van der Waals surface area contributed by atoms with Crippen molar-refractivity contribution in [3.63, 3.8) is 0 Å². The van der Waals surface area contributed by atoms with Crippen LogP contribution in [0.15, 0.2) is 24.5 Å². The second-order valence-corrected chi connectivity index (χ2v) is 2.73. The zero-order chi connectivity index (χ0) is 9.68. The van der Waals surface area contributed by atoms with Crippen LogP contribution < -0.4 is 5.32 Å². The Labute approximate surface area is 76.6 Å². The number of likely N-dealkylation sites (N-methyl/N-ethyl adjacent to an activating group) is 1. The number of rotatable bonds is 4. The number of nitrogens with one attached hydrogen (secondary N) is 1. The minimum atomic E-state index is -0.831. The fourth-order valence-corrected chi connectivity index (χ4v) is 1.13. The molecule has 4 heteroatoms. The SMILES string of the molecule is CNCC(C(=O)O)c1cccnc1. The monoisotopic (exact) mass is 180 g/mol. The third-order valence-corrected chi connectivity index (χ3v) is 1.79. The van der Waals surface area contributed by atoms with Gasteiger partial charge in [0.15, 0.2) is 0 Å². The molecular weight excluding hydrogens is 168 g/mol. The molecule has 0 saturated heterocycles. The Morgan fingerprint density at radius 2 is 2.54 bits per heavy atom. The molecule has 0 aliphatic carbocycles. The van der Waals surface area contributed by atoms with Crippen molar-refractivity contribution in [3.05, 3.63) is 30.1 Å². The highest BCUT2D eigenvalue weighted by Gasteiger charge is 2.18. The third kappa shape index (κ3) is 2.52. The van der Waals surface area contributed by atoms with E-state index in [9.17, 15) is 4.79 Å². The predicted octanol–water partition coefficient (Wildman–Crippen LogP) is 0.469. The van der Waals surface area contributed by atoms with E-state index in [0.29, 0.717) is 6.54 Å². The average molecular weight is 180 g/mol. The molecule has 0 radical (unpaired) electrons. The highest BCUT2D eigenvalue weighted by molar-refractivity contribution is 5.76. The predicted molar refractivity (Wildman–Crippen MR) is 48.5 cm³/mol. The molecule has 0 bridgehead atoms. The molecule has 1 rings (SSSR count). The van der Waals surface area contributed by atoms with Crippen molar-refractivity contribution in [2.75, 3.05) is 13.6 Å². The van der Waals surface area contributed by atoms with Gasteiger partial charge in [0, 0.05) is 18.9 Å². The first-order chi connectivity index (χ1) is 6.25. The fourth-order valence-electron chi connectivity index (χ4n) is 1.13. The average Bonchev–Trinajstić information content (AvgIpc) is 2.15. The summed E-state index contributed by atoms with van der Waals surface area (Å²) in [5.41, 5.74) is 0.726. The molecule has 13 heavy (non-hydrogen) atoms. The molecule has 1 aromatic heterocycles. The molecule has 1 heterocycles. The molecule has 1 aromatic rings. The highest BCUT2D eigenvalue weighted by atomic mass is 16.4. The van der Waals surface area contributed by atoms with E-state index in [1.54, 1.807) is 31.6 Å². The lowest BCUT2D eigenvalue weighted by Gasteiger charge is -2.10. The van der Waals surface area contributed by atoms with Crippen molar-refractivity contribution in [3.8, 4) is 0 Å². The van der Waals surface area contributed by atoms with Crippen molar-refractivity contribution in [1.29, 1.82) is 0 Å². The number of carboxylic acids is 1. The second-order valence-electron chi connectivity index (χ2n) is 2.73. The van der Waals surface area contributed by atoms with Crippen LogP contribution in [0, 0.1) is 0 Å². The van der Waals surface area contributed by atoms with Crippen LogP contribution in [0.3, 0.4) is 0 Å². The van der Waals surface area contributed by atoms with Crippen LogP contribution in [0.2, 0.25) is 0 Å². The summed E-state index contributed by atoms with van der Waals surface area (Å²) < 4.78 is 0. The van der Waals surface area contributed by atoms with Crippen LogP contribution in [0.25, 0.3) is 0 Å². The van der Waals surface area contributed by atoms with Gasteiger partial charge in [0.25, 0.3) is 0 Å². The van der Waals surface area contributed by atoms with Crippen LogP contribution in [-0.4, -0.2) is 29.7 Å². The number of hydrogen-bond acceptors (Lipinski definition) is 3. The first-order valence-electron chi connectivity index (χ1n) is 4.03. The molecule has 0 fully saturated rings. The molecule has 0 spiro atoms. The van der Waals surface area contributed by atoms with Crippen molar-refractivity contribution in [2.24, 2.45) is 0 Å². The fraction of sp³-hybridized carbons (Fsp3) is 0.333. The van der Waals surface area contributed by atoms with Crippen LogP contribution in [0.1, 0.15) is 11.5 Å². The molecule has 0 aliphatic rings. The van der Waals surface area contributed by atoms with Gasteiger partial charge >= 0.3 is 5.97 Å². The molecule has 0 aliphatic heterocycles. The van der Waals surface area contributed by atoms with Crippen LogP contribution in [-0.2, 0) is 4.79 Å². The number of aliphatic carboxylic acids is 1. The Balaban J connectivity index is 2.82. The molecule has 0 aromatic carbocycles. The Hall–Kier alpha value is -1.42. The molecule has 0 amide bonds. The molecule has 70 valence electrons. The summed E-state index contributed by atoms with van der Waals surface area (Å²) >= 11 is 0. The first kappa shape index (κ1) is 9.67. The van der Waals surface area contributed by atoms with Gasteiger partial charge in [0.1, 0.15) is 0 Å². The number of pyridine rings is 1. The van der Waals surface area contributed by atoms with E-state index in [1.165, 1.54) is 0 Å². The van der Waals surface area contributed by atoms with Gasteiger partial charge in [0.2, 0.25) is 0 Å². The van der Waals surface area contributed by atoms with Gasteiger partial charge in [-0.2, -0.15) is 0 Å². The maximum absolute atomic E-state index is 10.8. The normalized spacial score (nSPS) is 12.4. The van der Waals surface area contributed by atoms with Crippen molar-refractivity contribution in [2.45, 2.75) is 5.92 Å². The Bertz CT molecular complexity index is 274. The van der Waals surface area contributed by atoms with E-state index in [0.717, 1.165) is 5.56 Å². The van der Waals surface area contributed by atoms with Gasteiger partial charge in [-0.1, -0.05) is 6.07 Å². The number of nitrogens with zero attached hydrogens (tertiary/aromatic N) is 1. The van der Waals surface area contributed by atoms with E-state index in [-0.39, 0.29) is 0 Å². The summed E-state index contributed by atoms with van der Waals surface area (Å²) in [6, 6.07) is 3.50. The summed E-state index contributed by atoms with van der Waals surface area (Å²) in [6.07, 6.45) is 3.21. The number of carbonyl (C=O) groups is 1. The minimum absolute atomic E-state index is 0.418. The quantitative estimate of drug-likeness (QED) is 0.707. The van der Waals surface area contributed by atoms with E-state index in [1.807, 2.05) is 0 Å². The topological polar surface area (TPSA) is 62.2 Å². The lowest BCUT2D eigenvalue weighted by Crippen LogP contribution is -2.24. The van der Waals surface area contributed by atoms with E-state index >= 15 is 0 Å². The Morgan fingerprint density at radius 1 is 1.77 bits per heavy atom. The van der Waals surface area contributed by atoms with Crippen LogP contribution >= 0.6 is 0 Å². The summed E-state index contributed by atoms with van der Waals surface area (Å²) in [4.78, 5) is 14.7. The summed E-state index contributed by atoms with van der Waals surface area (Å²) in [7, 11) is 1.73. The summed E-state index contributed by atoms with van der Waals surface area (Å²) in [6.45, 7) is 0.418. The van der Waals surface area contributed by atoms with E-state index < -0.39 is 11.9 Å². The largest absolute Gasteiger partial charge is 0.481 e. The number of hydrogen-bond donors (Lipinski definition) is 2. The van der Waals surface area contributed by atoms with Crippen molar-refractivity contribution in [1.82, 2.24) is 10.3 Å². The molecule has 1 atom stereocenters. The van der Waals surface area contributed by atoms with Gasteiger partial charge in [0.05, 0.1) is 5.92 Å². The Morgan fingerprint density at radius 3 is 3.00 bits per heavy atom. The molecule has 0 saturated carbocycles. The van der Waals surface area contributed by atoms with Crippen LogP contribution in [0.5, 0.6) is 0 Å². The lowest BCUT2D eigenvalue weighted by atomic mass is 10.0. The van der Waals surface area contributed by atoms with Crippen LogP contribution in [0.4, 0.5) is 0 Å². The molecular formula is C9H12N2O2. The standard InChI is InChI=1S/C9H12N2O2/c1-10-6-8(9(12)13)7-3-2-4-11-5-7/h2-5,8,10H,6H2,1H3,(H,12,13). The van der Waals surface area contributed by atoms with Crippen molar-refractivity contribution >= 4 is 5.97 Å². The number of carboxylic acid groups (broad SMARTS) is 1. The minimum Gasteiger partial charge on any atom is -0.481 e. The van der Waals surface area contributed by atoms with Gasteiger partial charge in [-0.3, -0.25) is 9.78 Å². The smallest absolute Gasteiger partial charge is 0.312 e. The molecule has 4 nitrogen and oxygen atoms in total. The molecule has 1 unspecified atom stereocenters. The van der Waals surface area contributed by atoms with Gasteiger partial charge in [-0.25, -0.2) is 0 Å². The third-order valence-electron chi connectivity index (χ3n) is 1.79. The molecule has 2 N–H and O–H groups in total. The van der Waals surface area contributed by atoms with Crippen molar-refractivity contribution < 1.29 is 9.90 Å². The van der Waals surface area contributed by atoms with Gasteiger partial charge in [-0.15, -0.1) is 0 Å². The maximum atomic E-state index is 10.8. The van der Waals surface area contributed by atoms with Gasteiger partial charge < -0.3 is 10.4 Å². The first-order valence-corrected chi connectivity index (χ1v) is 4.03. The highest BCUT2D eigenvalue weighted by Crippen LogP contribution is 2.12. The zero-order valence-corrected chi connectivity index (χ0v) is 7.40. The van der Waals surface area contributed by atoms with E-state index in [4.69, 9.17) is 5.11 Å².